The number of ether oxygens (including phenoxy) is 1. The summed E-state index contributed by atoms with van der Waals surface area (Å²) in [5.74, 6) is -0.119. The average Bonchev–Trinajstić information content (AvgIpc) is 2.53. The van der Waals surface area contributed by atoms with Crippen LogP contribution in [0.15, 0.2) is 48.5 Å². The predicted molar refractivity (Wildman–Crippen MR) is 81.1 cm³/mol. The van der Waals surface area contributed by atoms with E-state index in [0.717, 1.165) is 23.8 Å². The molecular formula is C16H13NO5. The Balaban J connectivity index is 2.22. The summed E-state index contributed by atoms with van der Waals surface area (Å²) in [6.45, 7) is 0. The van der Waals surface area contributed by atoms with Gasteiger partial charge < -0.3 is 9.84 Å². The number of phenols is 1. The van der Waals surface area contributed by atoms with E-state index >= 15 is 0 Å². The van der Waals surface area contributed by atoms with Crippen LogP contribution in [0.3, 0.4) is 0 Å². The Labute approximate surface area is 126 Å². The fourth-order valence-electron chi connectivity index (χ4n) is 1.81. The molecule has 0 saturated carbocycles. The Bertz CT molecular complexity index is 735. The third-order valence-corrected chi connectivity index (χ3v) is 3.00. The third-order valence-electron chi connectivity index (χ3n) is 3.00. The van der Waals surface area contributed by atoms with Gasteiger partial charge in [-0.3, -0.25) is 14.9 Å². The summed E-state index contributed by atoms with van der Waals surface area (Å²) >= 11 is 0. The van der Waals surface area contributed by atoms with E-state index in [9.17, 15) is 20.0 Å². The molecule has 0 saturated heterocycles. The smallest absolute Gasteiger partial charge is 0.270 e. The zero-order valence-corrected chi connectivity index (χ0v) is 11.7. The van der Waals surface area contributed by atoms with Crippen molar-refractivity contribution >= 4 is 17.5 Å². The van der Waals surface area contributed by atoms with E-state index in [1.165, 1.54) is 6.08 Å². The van der Waals surface area contributed by atoms with E-state index in [4.69, 9.17) is 4.74 Å². The highest BCUT2D eigenvalue weighted by Gasteiger charge is 2.14. The van der Waals surface area contributed by atoms with E-state index in [1.54, 1.807) is 37.5 Å². The molecule has 6 nitrogen and oxygen atoms in total. The number of nitro benzene ring substituents is 1. The van der Waals surface area contributed by atoms with Crippen molar-refractivity contribution < 1.29 is 19.6 Å². The first-order valence-corrected chi connectivity index (χ1v) is 6.35. The molecule has 0 aromatic heterocycles. The molecule has 0 fully saturated rings. The van der Waals surface area contributed by atoms with Crippen molar-refractivity contribution in [3.63, 3.8) is 0 Å². The lowest BCUT2D eigenvalue weighted by Crippen LogP contribution is -1.97. The van der Waals surface area contributed by atoms with Crippen molar-refractivity contribution in [1.82, 2.24) is 0 Å². The second-order valence-electron chi connectivity index (χ2n) is 4.43. The van der Waals surface area contributed by atoms with E-state index in [2.05, 4.69) is 0 Å². The molecule has 2 aromatic carbocycles. The van der Waals surface area contributed by atoms with Crippen LogP contribution in [-0.2, 0) is 0 Å². The minimum atomic E-state index is -0.622. The van der Waals surface area contributed by atoms with E-state index < -0.39 is 10.7 Å². The van der Waals surface area contributed by atoms with Crippen molar-refractivity contribution in [2.45, 2.75) is 0 Å². The second-order valence-corrected chi connectivity index (χ2v) is 4.43. The van der Waals surface area contributed by atoms with Gasteiger partial charge in [0.15, 0.2) is 5.78 Å². The van der Waals surface area contributed by atoms with Gasteiger partial charge in [0, 0.05) is 12.1 Å². The second kappa shape index (κ2) is 6.53. The number of phenolic OH excluding ortho intramolecular Hbond substituents is 1. The lowest BCUT2D eigenvalue weighted by Gasteiger charge is -2.01. The summed E-state index contributed by atoms with van der Waals surface area (Å²) in [4.78, 5) is 22.1. The van der Waals surface area contributed by atoms with Crippen LogP contribution in [0, 0.1) is 10.1 Å². The topological polar surface area (TPSA) is 89.7 Å². The summed E-state index contributed by atoms with van der Waals surface area (Å²) in [6, 6.07) is 10.3. The first kappa shape index (κ1) is 15.2. The standard InChI is InChI=1S/C16H13NO5/c1-22-13-6-2-11(3-7-13)4-8-15(18)14-10-12(17(20)21)5-9-16(14)19/h2-10,19H,1H3/b8-4+. The number of non-ortho nitro benzene ring substituents is 1. The lowest BCUT2D eigenvalue weighted by atomic mass is 10.1. The Kier molecular flexibility index (Phi) is 4.53. The monoisotopic (exact) mass is 299 g/mol. The number of hydrogen-bond acceptors (Lipinski definition) is 5. The number of allylic oxidation sites excluding steroid dienone is 1. The molecule has 0 amide bonds. The fraction of sp³-hybridized carbons (Fsp3) is 0.0625. The van der Waals surface area contributed by atoms with Gasteiger partial charge in [-0.2, -0.15) is 0 Å². The number of rotatable bonds is 5. The van der Waals surface area contributed by atoms with Crippen LogP contribution < -0.4 is 4.74 Å². The molecule has 0 atom stereocenters. The number of aromatic hydroxyl groups is 1. The first-order chi connectivity index (χ1) is 10.5. The Morgan fingerprint density at radius 2 is 1.91 bits per heavy atom. The number of methoxy groups -OCH3 is 1. The Hall–Kier alpha value is -3.15. The molecule has 112 valence electrons. The van der Waals surface area contributed by atoms with Crippen molar-refractivity contribution in [3.05, 3.63) is 69.8 Å². The summed E-state index contributed by atoms with van der Waals surface area (Å²) in [7, 11) is 1.56. The molecule has 0 spiro atoms. The number of carbonyl (C=O) groups excluding carboxylic acids is 1. The first-order valence-electron chi connectivity index (χ1n) is 6.35. The molecule has 0 radical (unpaired) electrons. The van der Waals surface area contributed by atoms with Gasteiger partial charge in [0.25, 0.3) is 5.69 Å². The molecule has 0 unspecified atom stereocenters. The maximum absolute atomic E-state index is 12.0. The highest BCUT2D eigenvalue weighted by molar-refractivity contribution is 6.08. The Morgan fingerprint density at radius 1 is 1.23 bits per heavy atom. The molecular weight excluding hydrogens is 286 g/mol. The molecule has 6 heteroatoms. The maximum atomic E-state index is 12.0. The van der Waals surface area contributed by atoms with Crippen LogP contribution in [0.25, 0.3) is 6.08 Å². The zero-order chi connectivity index (χ0) is 16.1. The highest BCUT2D eigenvalue weighted by atomic mass is 16.6. The molecule has 0 aliphatic heterocycles. The number of nitrogens with zero attached hydrogens (tertiary/aromatic N) is 1. The van der Waals surface area contributed by atoms with Gasteiger partial charge in [-0.1, -0.05) is 18.2 Å². The maximum Gasteiger partial charge on any atom is 0.270 e. The molecule has 22 heavy (non-hydrogen) atoms. The molecule has 2 aromatic rings. The van der Waals surface area contributed by atoms with Crippen molar-refractivity contribution in [2.75, 3.05) is 7.11 Å². The van der Waals surface area contributed by atoms with E-state index in [0.29, 0.717) is 5.75 Å². The number of benzene rings is 2. The summed E-state index contributed by atoms with van der Waals surface area (Å²) in [6.07, 6.45) is 2.81. The molecule has 0 aliphatic rings. The summed E-state index contributed by atoms with van der Waals surface area (Å²) in [5.41, 5.74) is 0.400. The van der Waals surface area contributed by atoms with Crippen molar-refractivity contribution in [1.29, 1.82) is 0 Å². The predicted octanol–water partition coefficient (Wildman–Crippen LogP) is 3.21. The van der Waals surface area contributed by atoms with Crippen molar-refractivity contribution in [3.8, 4) is 11.5 Å². The van der Waals surface area contributed by atoms with Crippen LogP contribution in [0.1, 0.15) is 15.9 Å². The number of ketones is 1. The molecule has 0 bridgehead atoms. The van der Waals surface area contributed by atoms with Gasteiger partial charge in [0.2, 0.25) is 0 Å². The number of hydrogen-bond donors (Lipinski definition) is 1. The van der Waals surface area contributed by atoms with Crippen LogP contribution in [0.2, 0.25) is 0 Å². The normalized spacial score (nSPS) is 10.6. The summed E-state index contributed by atoms with van der Waals surface area (Å²) < 4.78 is 5.03. The van der Waals surface area contributed by atoms with E-state index in [1.807, 2.05) is 0 Å². The Morgan fingerprint density at radius 3 is 2.50 bits per heavy atom. The van der Waals surface area contributed by atoms with Gasteiger partial charge in [-0.05, 0) is 29.8 Å². The molecule has 2 rings (SSSR count). The fourth-order valence-corrected chi connectivity index (χ4v) is 1.81. The van der Waals surface area contributed by atoms with Gasteiger partial charge in [-0.25, -0.2) is 0 Å². The molecule has 0 heterocycles. The van der Waals surface area contributed by atoms with Gasteiger partial charge >= 0.3 is 0 Å². The molecule has 0 aliphatic carbocycles. The largest absolute Gasteiger partial charge is 0.507 e. The minimum Gasteiger partial charge on any atom is -0.507 e. The van der Waals surface area contributed by atoms with Gasteiger partial charge in [-0.15, -0.1) is 0 Å². The number of nitro groups is 1. The quantitative estimate of drug-likeness (QED) is 0.396. The van der Waals surface area contributed by atoms with Crippen LogP contribution in [0.5, 0.6) is 11.5 Å². The lowest BCUT2D eigenvalue weighted by molar-refractivity contribution is -0.384. The average molecular weight is 299 g/mol. The van der Waals surface area contributed by atoms with E-state index in [-0.39, 0.29) is 17.0 Å². The zero-order valence-electron chi connectivity index (χ0n) is 11.7. The highest BCUT2D eigenvalue weighted by Crippen LogP contribution is 2.24. The van der Waals surface area contributed by atoms with Crippen LogP contribution in [0.4, 0.5) is 5.69 Å². The summed E-state index contributed by atoms with van der Waals surface area (Å²) in [5, 5.41) is 20.4. The van der Waals surface area contributed by atoms with Crippen LogP contribution in [-0.4, -0.2) is 22.9 Å². The molecule has 1 N–H and O–H groups in total. The van der Waals surface area contributed by atoms with Gasteiger partial charge in [0.1, 0.15) is 11.5 Å². The number of carbonyl (C=O) groups is 1. The van der Waals surface area contributed by atoms with Crippen molar-refractivity contribution in [2.24, 2.45) is 0 Å². The van der Waals surface area contributed by atoms with Gasteiger partial charge in [0.05, 0.1) is 17.6 Å². The van der Waals surface area contributed by atoms with Crippen LogP contribution >= 0.6 is 0 Å². The SMILES string of the molecule is COc1ccc(/C=C/C(=O)c2cc([N+](=O)[O-])ccc2O)cc1. The minimum absolute atomic E-state index is 0.112. The third kappa shape index (κ3) is 3.49.